The average molecular weight is 518 g/mol. The molecule has 3 N–H and O–H groups in total. The molecule has 2 unspecified atom stereocenters. The molecule has 3 fully saturated rings. The van der Waals surface area contributed by atoms with E-state index in [1.807, 2.05) is 32.9 Å². The number of carbonyl (C=O) groups excluding carboxylic acids is 3. The molecule has 3 amide bonds. The van der Waals surface area contributed by atoms with Crippen LogP contribution in [0.1, 0.15) is 53.4 Å². The van der Waals surface area contributed by atoms with Crippen LogP contribution in [0.15, 0.2) is 24.3 Å². The molecule has 1 aromatic carbocycles. The number of rotatable bonds is 11. The quantitative estimate of drug-likeness (QED) is 0.390. The van der Waals surface area contributed by atoms with E-state index < -0.39 is 28.7 Å². The second-order valence-electron chi connectivity index (χ2n) is 10.4. The van der Waals surface area contributed by atoms with Crippen LogP contribution in [-0.4, -0.2) is 69.6 Å². The van der Waals surface area contributed by atoms with Gasteiger partial charge in [0.25, 0.3) is 0 Å². The van der Waals surface area contributed by atoms with Crippen LogP contribution in [0.5, 0.6) is 5.75 Å². The van der Waals surface area contributed by atoms with Crippen LogP contribution in [0.3, 0.4) is 0 Å². The summed E-state index contributed by atoms with van der Waals surface area (Å²) in [7, 11) is 0. The highest BCUT2D eigenvalue weighted by Crippen LogP contribution is 2.66. The van der Waals surface area contributed by atoms with Gasteiger partial charge in [0, 0.05) is 17.5 Å². The largest absolute Gasteiger partial charge is 0.494 e. The van der Waals surface area contributed by atoms with Gasteiger partial charge in [0.05, 0.1) is 35.8 Å². The lowest BCUT2D eigenvalue weighted by Crippen LogP contribution is -2.57. The third-order valence-electron chi connectivity index (χ3n) is 7.87. The lowest BCUT2D eigenvalue weighted by Gasteiger charge is -2.38. The number of aliphatic hydroxyl groups is 1. The van der Waals surface area contributed by atoms with Crippen molar-refractivity contribution in [3.05, 3.63) is 24.3 Å². The topological polar surface area (TPSA) is 108 Å². The number of carbonyl (C=O) groups is 3. The number of benzene rings is 1. The number of unbranched alkanes of at least 4 members (excludes halogenated alkanes) is 1. The van der Waals surface area contributed by atoms with Crippen molar-refractivity contribution in [1.82, 2.24) is 10.2 Å². The molecule has 3 saturated heterocycles. The van der Waals surface area contributed by atoms with Crippen LogP contribution in [0.4, 0.5) is 5.69 Å². The second-order valence-corrected chi connectivity index (χ2v) is 12.0. The van der Waals surface area contributed by atoms with Gasteiger partial charge in [-0.2, -0.15) is 0 Å². The zero-order chi connectivity index (χ0) is 26.0. The van der Waals surface area contributed by atoms with E-state index in [-0.39, 0.29) is 35.5 Å². The number of anilines is 1. The van der Waals surface area contributed by atoms with Crippen molar-refractivity contribution in [2.45, 2.75) is 75.5 Å². The van der Waals surface area contributed by atoms with Gasteiger partial charge < -0.3 is 25.4 Å². The first-order valence-corrected chi connectivity index (χ1v) is 14.1. The van der Waals surface area contributed by atoms with Gasteiger partial charge in [0.1, 0.15) is 11.8 Å². The molecular formula is C27H39N3O5S. The summed E-state index contributed by atoms with van der Waals surface area (Å²) in [5, 5.41) is 16.3. The lowest BCUT2D eigenvalue weighted by molar-refractivity contribution is -0.143. The highest BCUT2D eigenvalue weighted by Gasteiger charge is 2.74. The number of amides is 3. The number of nitrogens with zero attached hydrogens (tertiary/aromatic N) is 1. The number of hydrogen-bond donors (Lipinski definition) is 3. The zero-order valence-corrected chi connectivity index (χ0v) is 22.5. The number of likely N-dealkylation sites (tertiary alicyclic amines) is 1. The molecular weight excluding hydrogens is 478 g/mol. The minimum atomic E-state index is -0.690. The Morgan fingerprint density at radius 2 is 1.94 bits per heavy atom. The fourth-order valence-electron chi connectivity index (χ4n) is 6.18. The molecule has 0 aromatic heterocycles. The maximum absolute atomic E-state index is 14.0. The van der Waals surface area contributed by atoms with Gasteiger partial charge in [-0.25, -0.2) is 0 Å². The Morgan fingerprint density at radius 1 is 1.22 bits per heavy atom. The first kappa shape index (κ1) is 26.8. The molecule has 2 bridgehead atoms. The van der Waals surface area contributed by atoms with Crippen molar-refractivity contribution in [3.8, 4) is 5.75 Å². The molecule has 8 nitrogen and oxygen atoms in total. The SMILES string of the molecule is CCCCNC(=O)C1N([C@@H](CO)C(C)C)C(=O)[C@@H]2[C@@H](C(=O)Nc3ccc(OCC)cc3)[C@H]3CCC12S3. The predicted molar refractivity (Wildman–Crippen MR) is 141 cm³/mol. The fraction of sp³-hybridized carbons (Fsp3) is 0.667. The van der Waals surface area contributed by atoms with E-state index in [1.165, 1.54) is 0 Å². The molecule has 3 aliphatic heterocycles. The van der Waals surface area contributed by atoms with Crippen molar-refractivity contribution < 1.29 is 24.2 Å². The van der Waals surface area contributed by atoms with Crippen LogP contribution < -0.4 is 15.4 Å². The highest BCUT2D eigenvalue weighted by atomic mass is 32.2. The predicted octanol–water partition coefficient (Wildman–Crippen LogP) is 3.05. The van der Waals surface area contributed by atoms with E-state index in [0.717, 1.165) is 25.0 Å². The van der Waals surface area contributed by atoms with E-state index in [0.29, 0.717) is 25.3 Å². The number of hydrogen-bond acceptors (Lipinski definition) is 6. The molecule has 1 spiro atoms. The lowest BCUT2D eigenvalue weighted by atomic mass is 9.70. The summed E-state index contributed by atoms with van der Waals surface area (Å²) in [4.78, 5) is 42.8. The molecule has 0 aliphatic carbocycles. The molecule has 4 rings (SSSR count). The Balaban J connectivity index is 1.63. The van der Waals surface area contributed by atoms with Gasteiger partial charge in [0.15, 0.2) is 0 Å². The number of nitrogens with one attached hydrogen (secondary N) is 2. The van der Waals surface area contributed by atoms with E-state index in [9.17, 15) is 19.5 Å². The number of fused-ring (bicyclic) bond motifs is 1. The molecule has 1 aromatic rings. The van der Waals surface area contributed by atoms with E-state index >= 15 is 0 Å². The van der Waals surface area contributed by atoms with Crippen molar-refractivity contribution in [1.29, 1.82) is 0 Å². The first-order valence-electron chi connectivity index (χ1n) is 13.2. The van der Waals surface area contributed by atoms with Gasteiger partial charge in [-0.1, -0.05) is 27.2 Å². The second kappa shape index (κ2) is 11.0. The fourth-order valence-corrected chi connectivity index (χ4v) is 8.39. The van der Waals surface area contributed by atoms with E-state index in [4.69, 9.17) is 4.74 Å². The molecule has 3 aliphatic rings. The van der Waals surface area contributed by atoms with Crippen LogP contribution in [0.25, 0.3) is 0 Å². The normalized spacial score (nSPS) is 29.4. The highest BCUT2D eigenvalue weighted by molar-refractivity contribution is 8.02. The molecule has 36 heavy (non-hydrogen) atoms. The Morgan fingerprint density at radius 3 is 2.56 bits per heavy atom. The standard InChI is InChI=1S/C27H39N3O5S/c1-5-7-14-28-25(33)23-27-13-12-20(36-27)21(22(27)26(34)30(23)19(15-31)16(3)4)24(32)29-17-8-10-18(11-9-17)35-6-2/h8-11,16,19-23,31H,5-7,12-15H2,1-4H3,(H,28,33)(H,29,32)/t19-,20+,21-,22-,23?,27?/m0/s1. The van der Waals surface area contributed by atoms with Crippen molar-refractivity contribution in [3.63, 3.8) is 0 Å². The van der Waals surface area contributed by atoms with Crippen LogP contribution in [0, 0.1) is 17.8 Å². The van der Waals surface area contributed by atoms with E-state index in [1.54, 1.807) is 28.8 Å². The summed E-state index contributed by atoms with van der Waals surface area (Å²) in [6, 6.07) is 6.05. The maximum atomic E-state index is 14.0. The molecule has 0 saturated carbocycles. The zero-order valence-electron chi connectivity index (χ0n) is 21.7. The van der Waals surface area contributed by atoms with Gasteiger partial charge in [0.2, 0.25) is 17.7 Å². The van der Waals surface area contributed by atoms with Gasteiger partial charge in [-0.15, -0.1) is 11.8 Å². The summed E-state index contributed by atoms with van der Waals surface area (Å²) in [5.41, 5.74) is 0.650. The Kier molecular flexibility index (Phi) is 8.19. The van der Waals surface area contributed by atoms with Gasteiger partial charge in [-0.05, 0) is 56.4 Å². The van der Waals surface area contributed by atoms with Gasteiger partial charge in [-0.3, -0.25) is 14.4 Å². The summed E-state index contributed by atoms with van der Waals surface area (Å²) in [6.07, 6.45) is 3.31. The Bertz CT molecular complexity index is 971. The van der Waals surface area contributed by atoms with Crippen LogP contribution in [-0.2, 0) is 14.4 Å². The summed E-state index contributed by atoms with van der Waals surface area (Å²) >= 11 is 1.64. The van der Waals surface area contributed by atoms with Gasteiger partial charge >= 0.3 is 0 Å². The van der Waals surface area contributed by atoms with E-state index in [2.05, 4.69) is 17.6 Å². The smallest absolute Gasteiger partial charge is 0.244 e. The van der Waals surface area contributed by atoms with Crippen LogP contribution in [0.2, 0.25) is 0 Å². The minimum Gasteiger partial charge on any atom is -0.494 e. The van der Waals surface area contributed by atoms with Crippen molar-refractivity contribution in [2.75, 3.05) is 25.1 Å². The first-order chi connectivity index (χ1) is 17.3. The number of ether oxygens (including phenoxy) is 1. The monoisotopic (exact) mass is 517 g/mol. The maximum Gasteiger partial charge on any atom is 0.244 e. The molecule has 3 heterocycles. The average Bonchev–Trinajstić information content (AvgIpc) is 3.49. The minimum absolute atomic E-state index is 0.0126. The molecule has 0 radical (unpaired) electrons. The summed E-state index contributed by atoms with van der Waals surface area (Å²) in [6.45, 7) is 8.78. The number of thioether (sulfide) groups is 1. The third kappa shape index (κ3) is 4.60. The molecule has 6 atom stereocenters. The van der Waals surface area contributed by atoms with Crippen molar-refractivity contribution >= 4 is 35.2 Å². The Labute approximate surface area is 217 Å². The Hall–Kier alpha value is -2.26. The summed E-state index contributed by atoms with van der Waals surface area (Å²) in [5.74, 6) is -0.942. The van der Waals surface area contributed by atoms with Crippen LogP contribution >= 0.6 is 11.8 Å². The molecule has 198 valence electrons. The molecule has 9 heteroatoms. The number of aliphatic hydroxyl groups excluding tert-OH is 1. The third-order valence-corrected chi connectivity index (χ3v) is 9.82. The van der Waals surface area contributed by atoms with Crippen molar-refractivity contribution in [2.24, 2.45) is 17.8 Å². The summed E-state index contributed by atoms with van der Waals surface area (Å²) < 4.78 is 4.83.